The third-order valence-corrected chi connectivity index (χ3v) is 6.50. The lowest BCUT2D eigenvalue weighted by molar-refractivity contribution is -0.128. The Bertz CT molecular complexity index is 984. The van der Waals surface area contributed by atoms with Crippen molar-refractivity contribution in [3.05, 3.63) is 63.6 Å². The molecular weight excluding hydrogens is 437 g/mol. The molecule has 0 unspecified atom stereocenters. The molecule has 4 rings (SSSR count). The van der Waals surface area contributed by atoms with E-state index in [-0.39, 0.29) is 23.9 Å². The van der Waals surface area contributed by atoms with Crippen LogP contribution < -0.4 is 5.32 Å². The lowest BCUT2D eigenvalue weighted by Gasteiger charge is -2.28. The first-order valence-corrected chi connectivity index (χ1v) is 11.1. The zero-order valence-electron chi connectivity index (χ0n) is 16.9. The number of imide groups is 1. The van der Waals surface area contributed by atoms with Gasteiger partial charge in [0.25, 0.3) is 5.91 Å². The highest BCUT2D eigenvalue weighted by Crippen LogP contribution is 2.30. The summed E-state index contributed by atoms with van der Waals surface area (Å²) in [6, 6.07) is 12.3. The van der Waals surface area contributed by atoms with E-state index in [1.807, 2.05) is 24.3 Å². The molecule has 31 heavy (non-hydrogen) atoms. The van der Waals surface area contributed by atoms with Crippen molar-refractivity contribution in [2.75, 3.05) is 11.9 Å². The minimum Gasteiger partial charge on any atom is -0.326 e. The van der Waals surface area contributed by atoms with Gasteiger partial charge in [0, 0.05) is 31.6 Å². The fourth-order valence-electron chi connectivity index (χ4n) is 4.11. The van der Waals surface area contributed by atoms with Gasteiger partial charge in [-0.15, -0.1) is 0 Å². The Morgan fingerprint density at radius 3 is 2.55 bits per heavy atom. The van der Waals surface area contributed by atoms with Gasteiger partial charge in [0.1, 0.15) is 6.04 Å². The van der Waals surface area contributed by atoms with Crippen LogP contribution in [0.1, 0.15) is 36.8 Å². The first-order valence-electron chi connectivity index (χ1n) is 10.4. The summed E-state index contributed by atoms with van der Waals surface area (Å²) in [6.07, 6.45) is 3.02. The molecule has 2 aliphatic heterocycles. The molecule has 1 atom stereocenters. The summed E-state index contributed by atoms with van der Waals surface area (Å²) in [6.45, 7) is 0.867. The first-order chi connectivity index (χ1) is 14.9. The summed E-state index contributed by atoms with van der Waals surface area (Å²) in [5.41, 5.74) is 2.85. The largest absolute Gasteiger partial charge is 0.327 e. The number of unbranched alkanes of at least 4 members (excludes halogenated alkanes) is 2. The molecule has 6 nitrogen and oxygen atoms in total. The third-order valence-electron chi connectivity index (χ3n) is 5.77. The number of carbonyl (C=O) groups is 3. The van der Waals surface area contributed by atoms with Gasteiger partial charge in [-0.1, -0.05) is 53.9 Å². The Morgan fingerprint density at radius 2 is 1.77 bits per heavy atom. The van der Waals surface area contributed by atoms with Crippen molar-refractivity contribution < 1.29 is 14.4 Å². The molecule has 0 spiro atoms. The predicted octanol–water partition coefficient (Wildman–Crippen LogP) is 4.88. The first kappa shape index (κ1) is 21.7. The molecule has 0 aliphatic carbocycles. The Kier molecular flexibility index (Phi) is 6.49. The van der Waals surface area contributed by atoms with E-state index in [0.29, 0.717) is 54.5 Å². The fourth-order valence-corrected chi connectivity index (χ4v) is 4.41. The van der Waals surface area contributed by atoms with Gasteiger partial charge in [0.2, 0.25) is 5.91 Å². The van der Waals surface area contributed by atoms with Crippen LogP contribution in [0.2, 0.25) is 10.0 Å². The third kappa shape index (κ3) is 4.70. The van der Waals surface area contributed by atoms with Crippen molar-refractivity contribution in [1.29, 1.82) is 0 Å². The number of benzene rings is 2. The van der Waals surface area contributed by atoms with Crippen molar-refractivity contribution in [3.63, 3.8) is 0 Å². The van der Waals surface area contributed by atoms with Crippen molar-refractivity contribution >= 4 is 46.7 Å². The average Bonchev–Trinajstić information content (AvgIpc) is 2.98. The summed E-state index contributed by atoms with van der Waals surface area (Å²) in [5, 5.41) is 3.61. The number of urea groups is 1. The molecule has 2 aromatic rings. The number of anilines is 1. The second kappa shape index (κ2) is 9.28. The highest BCUT2D eigenvalue weighted by Gasteiger charge is 2.46. The number of amides is 4. The van der Waals surface area contributed by atoms with Crippen molar-refractivity contribution in [3.8, 4) is 0 Å². The number of nitrogens with zero attached hydrogens (tertiary/aromatic N) is 2. The van der Waals surface area contributed by atoms with Crippen LogP contribution in [-0.2, 0) is 22.6 Å². The quantitative estimate of drug-likeness (QED) is 0.473. The molecule has 2 heterocycles. The molecule has 2 aliphatic rings. The summed E-state index contributed by atoms with van der Waals surface area (Å²) in [7, 11) is 0. The Labute approximate surface area is 191 Å². The molecule has 162 valence electrons. The number of hydrogen-bond acceptors (Lipinski definition) is 3. The number of hydrogen-bond donors (Lipinski definition) is 1. The van der Waals surface area contributed by atoms with Gasteiger partial charge in [-0.3, -0.25) is 14.5 Å². The topological polar surface area (TPSA) is 69.7 Å². The molecular formula is C23H23Cl2N3O3. The van der Waals surface area contributed by atoms with Gasteiger partial charge in [0.15, 0.2) is 0 Å². The number of halogens is 2. The van der Waals surface area contributed by atoms with Crippen molar-refractivity contribution in [2.24, 2.45) is 0 Å². The van der Waals surface area contributed by atoms with E-state index in [9.17, 15) is 14.4 Å². The van der Waals surface area contributed by atoms with Gasteiger partial charge in [-0.25, -0.2) is 4.79 Å². The molecule has 0 bridgehead atoms. The van der Waals surface area contributed by atoms with E-state index in [1.165, 1.54) is 4.90 Å². The molecule has 1 fully saturated rings. The number of carbonyl (C=O) groups excluding carboxylic acids is 3. The molecule has 2 aromatic carbocycles. The number of rotatable bonds is 7. The van der Waals surface area contributed by atoms with Crippen LogP contribution in [0.5, 0.6) is 0 Å². The lowest BCUT2D eigenvalue weighted by Crippen LogP contribution is -2.39. The Hall–Kier alpha value is -2.57. The Morgan fingerprint density at radius 1 is 1.00 bits per heavy atom. The van der Waals surface area contributed by atoms with Crippen LogP contribution in [0, 0.1) is 0 Å². The van der Waals surface area contributed by atoms with Crippen LogP contribution in [0.4, 0.5) is 10.5 Å². The zero-order chi connectivity index (χ0) is 22.0. The van der Waals surface area contributed by atoms with E-state index in [1.54, 1.807) is 23.1 Å². The van der Waals surface area contributed by atoms with Crippen LogP contribution in [-0.4, -0.2) is 40.2 Å². The molecule has 8 heteroatoms. The molecule has 1 N–H and O–H groups in total. The maximum atomic E-state index is 12.8. The monoisotopic (exact) mass is 459 g/mol. The summed E-state index contributed by atoms with van der Waals surface area (Å²) >= 11 is 11.8. The van der Waals surface area contributed by atoms with Gasteiger partial charge in [0.05, 0.1) is 10.0 Å². The van der Waals surface area contributed by atoms with E-state index in [2.05, 4.69) is 5.32 Å². The zero-order valence-corrected chi connectivity index (χ0v) is 18.5. The predicted molar refractivity (Wildman–Crippen MR) is 120 cm³/mol. The molecule has 0 radical (unpaired) electrons. The number of fused-ring (bicyclic) bond motifs is 2. The molecule has 1 saturated heterocycles. The average molecular weight is 460 g/mol. The van der Waals surface area contributed by atoms with Crippen LogP contribution in [0.15, 0.2) is 42.5 Å². The summed E-state index contributed by atoms with van der Waals surface area (Å²) in [4.78, 5) is 40.6. The van der Waals surface area contributed by atoms with E-state index in [4.69, 9.17) is 23.2 Å². The Balaban J connectivity index is 1.21. The van der Waals surface area contributed by atoms with Crippen molar-refractivity contribution in [1.82, 2.24) is 9.80 Å². The van der Waals surface area contributed by atoms with Crippen LogP contribution >= 0.6 is 23.2 Å². The summed E-state index contributed by atoms with van der Waals surface area (Å²) < 4.78 is 0. The highest BCUT2D eigenvalue weighted by molar-refractivity contribution is 6.42. The maximum Gasteiger partial charge on any atom is 0.327 e. The van der Waals surface area contributed by atoms with Gasteiger partial charge in [-0.2, -0.15) is 0 Å². The molecule has 0 aromatic heterocycles. The maximum absolute atomic E-state index is 12.8. The molecule has 0 saturated carbocycles. The molecule has 4 amide bonds. The van der Waals surface area contributed by atoms with E-state index in [0.717, 1.165) is 17.5 Å². The van der Waals surface area contributed by atoms with E-state index >= 15 is 0 Å². The lowest BCUT2D eigenvalue weighted by atomic mass is 9.95. The minimum atomic E-state index is -0.389. The fraction of sp³-hybridized carbons (Fsp3) is 0.348. The van der Waals surface area contributed by atoms with Crippen molar-refractivity contribution in [2.45, 2.75) is 44.7 Å². The standard InChI is InChI=1S/C23H23Cl2N3O3/c24-18-10-9-17(13-19(18)25)26-21(29)8-2-1-5-11-27-22(30)20-12-15-6-3-4-7-16(15)14-28(20)23(27)31/h3-4,6-7,9-10,13,20H,1-2,5,8,11-12,14H2,(H,26,29)/t20-/m0/s1. The van der Waals surface area contributed by atoms with Gasteiger partial charge >= 0.3 is 6.03 Å². The second-order valence-corrected chi connectivity index (χ2v) is 8.69. The van der Waals surface area contributed by atoms with Gasteiger partial charge in [-0.05, 0) is 42.2 Å². The van der Waals surface area contributed by atoms with Crippen LogP contribution in [0.25, 0.3) is 0 Å². The minimum absolute atomic E-state index is 0.110. The van der Waals surface area contributed by atoms with Gasteiger partial charge < -0.3 is 10.2 Å². The highest BCUT2D eigenvalue weighted by atomic mass is 35.5. The SMILES string of the molecule is O=C(CCCCCN1C(=O)[C@@H]2Cc3ccccc3CN2C1=O)Nc1ccc(Cl)c(Cl)c1. The normalized spacial score (nSPS) is 17.5. The van der Waals surface area contributed by atoms with E-state index < -0.39 is 0 Å². The second-order valence-electron chi connectivity index (χ2n) is 7.88. The summed E-state index contributed by atoms with van der Waals surface area (Å²) in [5.74, 6) is -0.224. The van der Waals surface area contributed by atoms with Crippen LogP contribution in [0.3, 0.4) is 0 Å². The number of nitrogens with one attached hydrogen (secondary N) is 1. The smallest absolute Gasteiger partial charge is 0.326 e.